The van der Waals surface area contributed by atoms with Crippen LogP contribution in [0.5, 0.6) is 0 Å². The predicted octanol–water partition coefficient (Wildman–Crippen LogP) is -1.36. The number of nitrogens with one attached hydrogen (secondary N) is 1. The Bertz CT molecular complexity index is 335. The van der Waals surface area contributed by atoms with Gasteiger partial charge in [-0.2, -0.15) is 0 Å². The van der Waals surface area contributed by atoms with Crippen molar-refractivity contribution in [3.63, 3.8) is 0 Å². The zero-order chi connectivity index (χ0) is 12.6. The summed E-state index contributed by atoms with van der Waals surface area (Å²) in [6, 6.07) is -0.510. The molecule has 0 radical (unpaired) electrons. The van der Waals surface area contributed by atoms with Crippen molar-refractivity contribution >= 4 is 11.9 Å². The summed E-state index contributed by atoms with van der Waals surface area (Å²) in [6.07, 6.45) is -1.79. The second kappa shape index (κ2) is 4.59. The van der Waals surface area contributed by atoms with E-state index < -0.39 is 24.5 Å². The maximum absolute atomic E-state index is 11.6. The number of rotatable bonds is 2. The van der Waals surface area contributed by atoms with E-state index in [9.17, 15) is 14.7 Å². The third kappa shape index (κ3) is 2.26. The quantitative estimate of drug-likeness (QED) is 0.557. The number of carbonyl (C=O) groups is 2. The molecule has 2 aliphatic rings. The molecule has 7 heteroatoms. The summed E-state index contributed by atoms with van der Waals surface area (Å²) in [6.45, 7) is 1.69. The first kappa shape index (κ1) is 12.3. The molecule has 17 heavy (non-hydrogen) atoms. The molecular weight excluding hydrogens is 228 g/mol. The van der Waals surface area contributed by atoms with Crippen molar-refractivity contribution in [2.24, 2.45) is 5.92 Å². The van der Waals surface area contributed by atoms with Gasteiger partial charge < -0.3 is 14.9 Å². The number of hydrogen-bond donors (Lipinski definition) is 3. The monoisotopic (exact) mass is 244 g/mol. The van der Waals surface area contributed by atoms with Gasteiger partial charge in [-0.05, 0) is 0 Å². The summed E-state index contributed by atoms with van der Waals surface area (Å²) in [5, 5.41) is 20.8. The van der Waals surface area contributed by atoms with Crippen LogP contribution >= 0.6 is 0 Å². The van der Waals surface area contributed by atoms with E-state index in [2.05, 4.69) is 5.32 Å². The summed E-state index contributed by atoms with van der Waals surface area (Å²) < 4.78 is 5.37. The molecular formula is C10H16N2O5. The van der Waals surface area contributed by atoms with Crippen molar-refractivity contribution in [1.82, 2.24) is 10.2 Å². The Hall–Kier alpha value is -1.18. The van der Waals surface area contributed by atoms with E-state index in [0.29, 0.717) is 0 Å². The van der Waals surface area contributed by atoms with Crippen LogP contribution in [0.3, 0.4) is 0 Å². The van der Waals surface area contributed by atoms with Crippen molar-refractivity contribution in [2.75, 3.05) is 13.2 Å². The van der Waals surface area contributed by atoms with E-state index in [1.807, 2.05) is 0 Å². The molecule has 2 saturated heterocycles. The highest BCUT2D eigenvalue weighted by Gasteiger charge is 2.41. The maximum Gasteiger partial charge on any atom is 0.326 e. The number of aliphatic hydroxyl groups is 2. The molecule has 2 rings (SSSR count). The summed E-state index contributed by atoms with van der Waals surface area (Å²) in [5.74, 6) is -0.606. The largest absolute Gasteiger partial charge is 0.394 e. The summed E-state index contributed by atoms with van der Waals surface area (Å²) >= 11 is 0. The molecule has 2 fully saturated rings. The van der Waals surface area contributed by atoms with Gasteiger partial charge in [-0.25, -0.2) is 4.79 Å². The maximum atomic E-state index is 11.6. The van der Waals surface area contributed by atoms with E-state index >= 15 is 0 Å². The Morgan fingerprint density at radius 2 is 2.24 bits per heavy atom. The van der Waals surface area contributed by atoms with Crippen molar-refractivity contribution in [3.8, 4) is 0 Å². The molecule has 0 aromatic carbocycles. The first-order chi connectivity index (χ1) is 8.02. The van der Waals surface area contributed by atoms with Gasteiger partial charge in [-0.1, -0.05) is 6.92 Å². The van der Waals surface area contributed by atoms with Gasteiger partial charge in [-0.3, -0.25) is 15.0 Å². The second-order valence-electron chi connectivity index (χ2n) is 4.46. The van der Waals surface area contributed by atoms with Crippen LogP contribution in [0.1, 0.15) is 13.3 Å². The highest BCUT2D eigenvalue weighted by molar-refractivity contribution is 5.97. The van der Waals surface area contributed by atoms with Gasteiger partial charge >= 0.3 is 6.03 Å². The standard InChI is InChI=1S/C10H16N2O5/c1-5-3-12(10(16)11-9(5)15)8-2-6(14)7(4-13)17-8/h5-8,13-14H,2-4H2,1H3,(H,11,15,16)/t5-,6-,7+,8-/m1/s1. The second-order valence-corrected chi connectivity index (χ2v) is 4.46. The minimum absolute atomic E-state index is 0.250. The van der Waals surface area contributed by atoms with Crippen molar-refractivity contribution < 1.29 is 24.5 Å². The molecule has 7 nitrogen and oxygen atoms in total. The molecule has 0 bridgehead atoms. The van der Waals surface area contributed by atoms with Crippen LogP contribution in [0.15, 0.2) is 0 Å². The van der Waals surface area contributed by atoms with Gasteiger partial charge in [0.15, 0.2) is 0 Å². The number of carbonyl (C=O) groups excluding carboxylic acids is 2. The van der Waals surface area contributed by atoms with Gasteiger partial charge in [-0.15, -0.1) is 0 Å². The highest BCUT2D eigenvalue weighted by Crippen LogP contribution is 2.25. The minimum Gasteiger partial charge on any atom is -0.394 e. The fourth-order valence-corrected chi connectivity index (χ4v) is 2.08. The number of hydrogen-bond acceptors (Lipinski definition) is 5. The van der Waals surface area contributed by atoms with Crippen LogP contribution in [0, 0.1) is 5.92 Å². The van der Waals surface area contributed by atoms with Crippen LogP contribution in [-0.2, 0) is 9.53 Å². The molecule has 3 N–H and O–H groups in total. The summed E-state index contributed by atoms with van der Waals surface area (Å²) in [4.78, 5) is 24.2. The van der Waals surface area contributed by atoms with Gasteiger partial charge in [0.2, 0.25) is 5.91 Å². The zero-order valence-electron chi connectivity index (χ0n) is 9.50. The van der Waals surface area contributed by atoms with E-state index in [4.69, 9.17) is 9.84 Å². The normalized spacial score (nSPS) is 38.4. The van der Waals surface area contributed by atoms with Crippen LogP contribution in [0.4, 0.5) is 4.79 Å². The van der Waals surface area contributed by atoms with E-state index in [1.165, 1.54) is 4.90 Å². The predicted molar refractivity (Wildman–Crippen MR) is 55.8 cm³/mol. The molecule has 0 aromatic rings. The van der Waals surface area contributed by atoms with Gasteiger partial charge in [0.25, 0.3) is 0 Å². The van der Waals surface area contributed by atoms with E-state index in [0.717, 1.165) is 0 Å². The highest BCUT2D eigenvalue weighted by atomic mass is 16.5. The molecule has 2 heterocycles. The van der Waals surface area contributed by atoms with Crippen molar-refractivity contribution in [1.29, 1.82) is 0 Å². The smallest absolute Gasteiger partial charge is 0.326 e. The lowest BCUT2D eigenvalue weighted by Crippen LogP contribution is -2.57. The summed E-state index contributed by atoms with van der Waals surface area (Å²) in [7, 11) is 0. The van der Waals surface area contributed by atoms with Gasteiger partial charge in [0.05, 0.1) is 18.6 Å². The van der Waals surface area contributed by atoms with Crippen LogP contribution in [0.25, 0.3) is 0 Å². The average Bonchev–Trinajstić information content (AvgIpc) is 2.65. The zero-order valence-corrected chi connectivity index (χ0v) is 9.50. The molecule has 0 aromatic heterocycles. The van der Waals surface area contributed by atoms with Crippen molar-refractivity contribution in [2.45, 2.75) is 31.8 Å². The van der Waals surface area contributed by atoms with Crippen molar-refractivity contribution in [3.05, 3.63) is 0 Å². The first-order valence-corrected chi connectivity index (χ1v) is 5.58. The fraction of sp³-hybridized carbons (Fsp3) is 0.800. The third-order valence-electron chi connectivity index (χ3n) is 3.14. The Balaban J connectivity index is 2.03. The van der Waals surface area contributed by atoms with Gasteiger partial charge in [0.1, 0.15) is 12.3 Å². The lowest BCUT2D eigenvalue weighted by atomic mass is 10.1. The molecule has 0 unspecified atom stereocenters. The number of aliphatic hydroxyl groups excluding tert-OH is 2. The number of imide groups is 1. The number of amides is 3. The van der Waals surface area contributed by atoms with Crippen LogP contribution < -0.4 is 5.32 Å². The van der Waals surface area contributed by atoms with E-state index in [-0.39, 0.29) is 31.4 Å². The lowest BCUT2D eigenvalue weighted by Gasteiger charge is -2.34. The van der Waals surface area contributed by atoms with Crippen LogP contribution in [0.2, 0.25) is 0 Å². The molecule has 4 atom stereocenters. The SMILES string of the molecule is C[C@@H]1CN([C@H]2C[C@@H](O)[C@H](CO)O2)C(=O)NC1=O. The Kier molecular flexibility index (Phi) is 3.32. The molecule has 0 saturated carbocycles. The van der Waals surface area contributed by atoms with E-state index in [1.54, 1.807) is 6.92 Å². The number of nitrogens with zero attached hydrogens (tertiary/aromatic N) is 1. The molecule has 0 spiro atoms. The fourth-order valence-electron chi connectivity index (χ4n) is 2.08. The topological polar surface area (TPSA) is 99.1 Å². The Morgan fingerprint density at radius 3 is 2.82 bits per heavy atom. The van der Waals surface area contributed by atoms with Gasteiger partial charge in [0, 0.05) is 13.0 Å². The first-order valence-electron chi connectivity index (χ1n) is 5.58. The molecule has 2 aliphatic heterocycles. The lowest BCUT2D eigenvalue weighted by molar-refractivity contribution is -0.128. The number of ether oxygens (including phenoxy) is 1. The molecule has 0 aliphatic carbocycles. The minimum atomic E-state index is -0.786. The third-order valence-corrected chi connectivity index (χ3v) is 3.14. The number of urea groups is 1. The summed E-state index contributed by atoms with van der Waals surface area (Å²) in [5.41, 5.74) is 0. The average molecular weight is 244 g/mol. The van der Waals surface area contributed by atoms with Crippen LogP contribution in [-0.4, -0.2) is 58.6 Å². The Labute approximate surface area is 98.3 Å². The molecule has 3 amide bonds. The molecule has 96 valence electrons. The Morgan fingerprint density at radius 1 is 1.53 bits per heavy atom.